The van der Waals surface area contributed by atoms with E-state index in [4.69, 9.17) is 26.8 Å². The number of pyridine rings is 1. The predicted molar refractivity (Wildman–Crippen MR) is 151 cm³/mol. The molecule has 11 heteroatoms. The zero-order chi connectivity index (χ0) is 27.8. The van der Waals surface area contributed by atoms with Crippen LogP contribution in [0.4, 0.5) is 11.4 Å². The summed E-state index contributed by atoms with van der Waals surface area (Å²) in [5.74, 6) is 0.485. The second kappa shape index (κ2) is 9.92. The number of hydrogen-bond donors (Lipinski definition) is 1. The Balaban J connectivity index is 1.54. The Morgan fingerprint density at radius 1 is 1.10 bits per heavy atom. The van der Waals surface area contributed by atoms with Gasteiger partial charge in [0.1, 0.15) is 5.52 Å². The van der Waals surface area contributed by atoms with E-state index >= 15 is 0 Å². The minimum atomic E-state index is -0.867. The number of aliphatic imine (C=N–C) groups is 1. The summed E-state index contributed by atoms with van der Waals surface area (Å²) in [6, 6.07) is 18.9. The number of allylic oxidation sites excluding steroid dienone is 1. The Labute approximate surface area is 229 Å². The minimum Gasteiger partial charge on any atom is -0.481 e. The number of rotatable bonds is 7. The fraction of sp³-hybridized carbons (Fsp3) is 0.138. The number of nitrogens with zero attached hydrogens (tertiary/aromatic N) is 9. The highest BCUT2D eigenvalue weighted by Gasteiger charge is 2.34. The summed E-state index contributed by atoms with van der Waals surface area (Å²) in [7, 11) is 3.70. The molecule has 1 N–H and O–H groups in total. The molecule has 0 amide bonds. The van der Waals surface area contributed by atoms with Crippen molar-refractivity contribution in [1.29, 1.82) is 0 Å². The van der Waals surface area contributed by atoms with Crippen LogP contribution in [0.1, 0.15) is 17.9 Å². The van der Waals surface area contributed by atoms with Crippen molar-refractivity contribution in [2.24, 2.45) is 12.0 Å². The molecule has 5 aromatic rings. The Morgan fingerprint density at radius 2 is 1.90 bits per heavy atom. The number of aliphatic carboxylic acids is 1. The highest BCUT2D eigenvalue weighted by atomic mass is 16.4. The Hall–Kier alpha value is -5.63. The molecule has 3 aromatic heterocycles. The van der Waals surface area contributed by atoms with Gasteiger partial charge in [0.05, 0.1) is 47.5 Å². The summed E-state index contributed by atoms with van der Waals surface area (Å²) in [5.41, 5.74) is 5.11. The number of benzene rings is 2. The van der Waals surface area contributed by atoms with E-state index in [0.29, 0.717) is 52.2 Å². The molecular weight excluding hydrogens is 506 g/mol. The summed E-state index contributed by atoms with van der Waals surface area (Å²) in [4.78, 5) is 35.7. The van der Waals surface area contributed by atoms with Crippen LogP contribution in [-0.2, 0) is 11.8 Å². The average Bonchev–Trinajstić information content (AvgIpc) is 3.66. The molecule has 0 bridgehead atoms. The van der Waals surface area contributed by atoms with Crippen molar-refractivity contribution in [2.45, 2.75) is 6.42 Å². The van der Waals surface area contributed by atoms with E-state index in [0.717, 1.165) is 16.8 Å². The predicted octanol–water partition coefficient (Wildman–Crippen LogP) is 4.41. The van der Waals surface area contributed by atoms with E-state index in [-0.39, 0.29) is 6.42 Å². The van der Waals surface area contributed by atoms with Crippen molar-refractivity contribution in [3.63, 3.8) is 0 Å². The van der Waals surface area contributed by atoms with Gasteiger partial charge < -0.3 is 14.6 Å². The van der Waals surface area contributed by atoms with Crippen LogP contribution in [0.15, 0.2) is 83.9 Å². The van der Waals surface area contributed by atoms with E-state index in [9.17, 15) is 4.79 Å². The molecule has 1 aliphatic heterocycles. The van der Waals surface area contributed by atoms with E-state index in [1.165, 1.54) is 0 Å². The lowest BCUT2D eigenvalue weighted by Gasteiger charge is -2.19. The molecule has 40 heavy (non-hydrogen) atoms. The minimum absolute atomic E-state index is 0.00313. The van der Waals surface area contributed by atoms with Crippen LogP contribution in [0.3, 0.4) is 0 Å². The first kappa shape index (κ1) is 24.7. The van der Waals surface area contributed by atoms with Gasteiger partial charge in [-0.3, -0.25) is 9.78 Å². The summed E-state index contributed by atoms with van der Waals surface area (Å²) >= 11 is 0. The van der Waals surface area contributed by atoms with Gasteiger partial charge in [-0.15, -0.1) is 5.10 Å². The lowest BCUT2D eigenvalue weighted by Crippen LogP contribution is -2.21. The average molecular weight is 530 g/mol. The van der Waals surface area contributed by atoms with Crippen LogP contribution in [0.2, 0.25) is 0 Å². The number of carboxylic acids is 1. The third kappa shape index (κ3) is 4.17. The first-order valence-corrected chi connectivity index (χ1v) is 12.5. The number of carbonyl (C=O) groups is 1. The lowest BCUT2D eigenvalue weighted by molar-refractivity contribution is -0.136. The summed E-state index contributed by atoms with van der Waals surface area (Å²) < 4.78 is 3.46. The van der Waals surface area contributed by atoms with Crippen molar-refractivity contribution in [3.05, 3.63) is 102 Å². The Morgan fingerprint density at radius 3 is 2.62 bits per heavy atom. The van der Waals surface area contributed by atoms with Gasteiger partial charge in [-0.25, -0.2) is 24.5 Å². The van der Waals surface area contributed by atoms with E-state index < -0.39 is 5.97 Å². The van der Waals surface area contributed by atoms with Gasteiger partial charge in [0.25, 0.3) is 0 Å². The zero-order valence-electron chi connectivity index (χ0n) is 21.7. The largest absolute Gasteiger partial charge is 0.481 e. The molecule has 4 heterocycles. The number of aryl methyl sites for hydroxylation is 1. The normalized spacial score (nSPS) is 13.6. The fourth-order valence-electron chi connectivity index (χ4n) is 4.73. The van der Waals surface area contributed by atoms with Crippen molar-refractivity contribution in [3.8, 4) is 11.4 Å². The molecule has 0 atom stereocenters. The van der Waals surface area contributed by atoms with Gasteiger partial charge in [-0.2, -0.15) is 0 Å². The van der Waals surface area contributed by atoms with Crippen LogP contribution < -0.4 is 4.90 Å². The second-order valence-electron chi connectivity index (χ2n) is 9.24. The van der Waals surface area contributed by atoms with Crippen molar-refractivity contribution >= 4 is 39.8 Å². The molecule has 11 nitrogen and oxygen atoms in total. The number of anilines is 1. The van der Waals surface area contributed by atoms with Crippen LogP contribution in [0, 0.1) is 6.57 Å². The van der Waals surface area contributed by atoms with Gasteiger partial charge in [-0.05, 0) is 24.3 Å². The second-order valence-corrected chi connectivity index (χ2v) is 9.24. The Bertz CT molecular complexity index is 1860. The van der Waals surface area contributed by atoms with Gasteiger partial charge in [0.2, 0.25) is 5.70 Å². The first-order chi connectivity index (χ1) is 19.5. The third-order valence-electron chi connectivity index (χ3n) is 6.66. The van der Waals surface area contributed by atoms with E-state index in [1.807, 2.05) is 84.2 Å². The number of carboxylic acid groups (broad SMARTS) is 1. The lowest BCUT2D eigenvalue weighted by atomic mass is 10.1. The molecule has 0 unspecified atom stereocenters. The molecule has 6 rings (SSSR count). The molecule has 0 aliphatic carbocycles. The standard InChI is InChI=1S/C29H23N9O2/c1-30-25-23(19-11-7-8-15-31-19)28-34-27(18-9-5-4-6-10-18)35-38(28)29(25)33-20-12-13-21(36(2)16-14-22(39)40)24-26(20)37(3)17-32-24/h4-13,15,17H,14,16H2,2-3H3,(H,39,40). The molecule has 0 radical (unpaired) electrons. The number of fused-ring (bicyclic) bond motifs is 2. The highest BCUT2D eigenvalue weighted by Crippen LogP contribution is 2.37. The maximum Gasteiger partial charge on any atom is 0.305 e. The van der Waals surface area contributed by atoms with Crippen LogP contribution in [0.5, 0.6) is 0 Å². The molecule has 2 aromatic carbocycles. The van der Waals surface area contributed by atoms with Gasteiger partial charge in [0, 0.05) is 32.4 Å². The quantitative estimate of drug-likeness (QED) is 0.310. The molecule has 0 saturated heterocycles. The fourth-order valence-corrected chi connectivity index (χ4v) is 4.73. The van der Waals surface area contributed by atoms with Gasteiger partial charge in [0.15, 0.2) is 17.5 Å². The number of aromatic nitrogens is 6. The zero-order valence-corrected chi connectivity index (χ0v) is 21.7. The molecule has 0 spiro atoms. The van der Waals surface area contributed by atoms with Crippen molar-refractivity contribution in [2.75, 3.05) is 18.5 Å². The summed E-state index contributed by atoms with van der Waals surface area (Å²) in [6.45, 7) is 8.40. The molecular formula is C29H23N9O2. The molecule has 0 fully saturated rings. The van der Waals surface area contributed by atoms with Crippen LogP contribution in [-0.4, -0.2) is 59.8 Å². The van der Waals surface area contributed by atoms with Crippen LogP contribution >= 0.6 is 0 Å². The molecule has 196 valence electrons. The highest BCUT2D eigenvalue weighted by molar-refractivity contribution is 6.16. The van der Waals surface area contributed by atoms with E-state index in [2.05, 4.69) is 14.8 Å². The van der Waals surface area contributed by atoms with Crippen molar-refractivity contribution < 1.29 is 9.90 Å². The molecule has 1 aliphatic rings. The Kier molecular flexibility index (Phi) is 6.12. The third-order valence-corrected chi connectivity index (χ3v) is 6.66. The topological polar surface area (TPSA) is 119 Å². The number of imidazole rings is 1. The summed E-state index contributed by atoms with van der Waals surface area (Å²) in [6.07, 6.45) is 3.37. The maximum absolute atomic E-state index is 11.1. The maximum atomic E-state index is 11.1. The molecule has 0 saturated carbocycles. The van der Waals surface area contributed by atoms with Crippen molar-refractivity contribution in [1.82, 2.24) is 29.3 Å². The van der Waals surface area contributed by atoms with Gasteiger partial charge >= 0.3 is 5.97 Å². The van der Waals surface area contributed by atoms with E-state index in [1.54, 1.807) is 17.2 Å². The number of hydrogen-bond acceptors (Lipinski definition) is 7. The van der Waals surface area contributed by atoms with Gasteiger partial charge in [-0.1, -0.05) is 36.4 Å². The van der Waals surface area contributed by atoms with Crippen LogP contribution in [0.25, 0.3) is 32.8 Å². The smallest absolute Gasteiger partial charge is 0.305 e. The summed E-state index contributed by atoms with van der Waals surface area (Å²) in [5, 5.41) is 13.9. The first-order valence-electron chi connectivity index (χ1n) is 12.5. The SMILES string of the molecule is [C-]#[N+]C1=C(c2ccccn2)c2nc(-c3ccccc3)nn2C1=Nc1ccc(N(C)CCC(=O)O)c2ncn(C)c12. The monoisotopic (exact) mass is 529 g/mol.